The molecule has 82 valence electrons. The number of halogens is 3. The fourth-order valence-electron chi connectivity index (χ4n) is 1.07. The van der Waals surface area contributed by atoms with Crippen LogP contribution in [0.4, 0.5) is 8.78 Å². The average molecular weight is 235 g/mol. The Morgan fingerprint density at radius 3 is 2.73 bits per heavy atom. The van der Waals surface area contributed by atoms with E-state index in [-0.39, 0.29) is 23.6 Å². The molecule has 0 N–H and O–H groups in total. The van der Waals surface area contributed by atoms with Crippen molar-refractivity contribution >= 4 is 17.6 Å². The summed E-state index contributed by atoms with van der Waals surface area (Å²) in [7, 11) is 0. The van der Waals surface area contributed by atoms with E-state index >= 15 is 0 Å². The summed E-state index contributed by atoms with van der Waals surface area (Å²) in [5.41, 5.74) is 0.217. The Bertz CT molecular complexity index is 380. The Kier molecular flexibility index (Phi) is 4.03. The molecule has 0 aromatic heterocycles. The minimum absolute atomic E-state index is 0.163. The molecule has 0 aliphatic rings. The fourth-order valence-corrected chi connectivity index (χ4v) is 1.29. The summed E-state index contributed by atoms with van der Waals surface area (Å²) in [4.78, 5) is 11.1. The molecule has 0 spiro atoms. The number of esters is 1. The van der Waals surface area contributed by atoms with Crippen molar-refractivity contribution in [2.24, 2.45) is 0 Å². The van der Waals surface area contributed by atoms with Gasteiger partial charge in [-0.2, -0.15) is 0 Å². The second-order valence-corrected chi connectivity index (χ2v) is 3.19. The lowest BCUT2D eigenvalue weighted by atomic mass is 10.1. The van der Waals surface area contributed by atoms with Gasteiger partial charge in [-0.3, -0.25) is 4.79 Å². The maximum atomic E-state index is 13.0. The predicted molar refractivity (Wildman–Crippen MR) is 51.7 cm³/mol. The Labute approximate surface area is 90.8 Å². The van der Waals surface area contributed by atoms with Gasteiger partial charge < -0.3 is 4.74 Å². The Hall–Kier alpha value is -1.16. The van der Waals surface area contributed by atoms with E-state index in [1.54, 1.807) is 6.92 Å². The highest BCUT2D eigenvalue weighted by Crippen LogP contribution is 2.22. The van der Waals surface area contributed by atoms with Gasteiger partial charge in [0.2, 0.25) is 0 Å². The minimum atomic E-state index is -1.14. The topological polar surface area (TPSA) is 26.3 Å². The molecule has 0 amide bonds. The third-order valence-corrected chi connectivity index (χ3v) is 2.16. The summed E-state index contributed by atoms with van der Waals surface area (Å²) in [6, 6.07) is 2.19. The SMILES string of the molecule is CCOC(=O)Cc1ccc(F)c(F)c1Cl. The van der Waals surface area contributed by atoms with Gasteiger partial charge in [0.25, 0.3) is 0 Å². The monoisotopic (exact) mass is 234 g/mol. The lowest BCUT2D eigenvalue weighted by Gasteiger charge is -2.05. The number of hydrogen-bond acceptors (Lipinski definition) is 2. The van der Waals surface area contributed by atoms with E-state index in [0.29, 0.717) is 0 Å². The van der Waals surface area contributed by atoms with Crippen molar-refractivity contribution in [3.8, 4) is 0 Å². The highest BCUT2D eigenvalue weighted by atomic mass is 35.5. The molecular weight excluding hydrogens is 226 g/mol. The zero-order valence-corrected chi connectivity index (χ0v) is 8.78. The van der Waals surface area contributed by atoms with E-state index in [1.807, 2.05) is 0 Å². The zero-order chi connectivity index (χ0) is 11.4. The van der Waals surface area contributed by atoms with Crippen molar-refractivity contribution in [1.29, 1.82) is 0 Å². The smallest absolute Gasteiger partial charge is 0.310 e. The number of benzene rings is 1. The quantitative estimate of drug-likeness (QED) is 0.594. The molecule has 0 aliphatic heterocycles. The van der Waals surface area contributed by atoms with Crippen molar-refractivity contribution in [3.05, 3.63) is 34.4 Å². The zero-order valence-electron chi connectivity index (χ0n) is 8.02. The molecule has 2 nitrogen and oxygen atoms in total. The summed E-state index contributed by atoms with van der Waals surface area (Å²) < 4.78 is 30.3. The van der Waals surface area contributed by atoms with E-state index in [9.17, 15) is 13.6 Å². The summed E-state index contributed by atoms with van der Waals surface area (Å²) >= 11 is 5.52. The van der Waals surface area contributed by atoms with Crippen LogP contribution in [-0.2, 0) is 16.0 Å². The van der Waals surface area contributed by atoms with E-state index in [1.165, 1.54) is 6.07 Å². The Balaban J connectivity index is 2.87. The Morgan fingerprint density at radius 2 is 2.13 bits per heavy atom. The van der Waals surface area contributed by atoms with Crippen LogP contribution in [0.15, 0.2) is 12.1 Å². The molecule has 0 bridgehead atoms. The van der Waals surface area contributed by atoms with Crippen molar-refractivity contribution < 1.29 is 18.3 Å². The molecule has 0 atom stereocenters. The largest absolute Gasteiger partial charge is 0.466 e. The van der Waals surface area contributed by atoms with Gasteiger partial charge in [0, 0.05) is 0 Å². The van der Waals surface area contributed by atoms with Gasteiger partial charge in [-0.1, -0.05) is 17.7 Å². The van der Waals surface area contributed by atoms with Crippen LogP contribution in [0.25, 0.3) is 0 Å². The van der Waals surface area contributed by atoms with E-state index in [2.05, 4.69) is 4.74 Å². The molecule has 0 radical (unpaired) electrons. The number of rotatable bonds is 3. The average Bonchev–Trinajstić information content (AvgIpc) is 2.20. The minimum Gasteiger partial charge on any atom is -0.466 e. The second kappa shape index (κ2) is 5.07. The molecule has 0 heterocycles. The van der Waals surface area contributed by atoms with E-state index in [0.717, 1.165) is 6.07 Å². The molecule has 1 aromatic carbocycles. The van der Waals surface area contributed by atoms with Gasteiger partial charge >= 0.3 is 5.97 Å². The fraction of sp³-hybridized carbons (Fsp3) is 0.300. The van der Waals surface area contributed by atoms with Crippen LogP contribution in [0.1, 0.15) is 12.5 Å². The molecule has 0 saturated heterocycles. The van der Waals surface area contributed by atoms with Crippen molar-refractivity contribution in [2.75, 3.05) is 6.61 Å². The van der Waals surface area contributed by atoms with Crippen LogP contribution < -0.4 is 0 Å². The van der Waals surface area contributed by atoms with Crippen LogP contribution in [0, 0.1) is 11.6 Å². The number of carbonyl (C=O) groups excluding carboxylic acids is 1. The van der Waals surface area contributed by atoms with Crippen LogP contribution in [-0.4, -0.2) is 12.6 Å². The highest BCUT2D eigenvalue weighted by molar-refractivity contribution is 6.31. The first-order valence-electron chi connectivity index (χ1n) is 4.34. The normalized spacial score (nSPS) is 10.1. The first-order chi connectivity index (χ1) is 7.06. The number of ether oxygens (including phenoxy) is 1. The number of carbonyl (C=O) groups is 1. The third kappa shape index (κ3) is 2.89. The molecule has 0 saturated carbocycles. The second-order valence-electron chi connectivity index (χ2n) is 2.82. The molecule has 5 heteroatoms. The van der Waals surface area contributed by atoms with Crippen LogP contribution in [0.3, 0.4) is 0 Å². The van der Waals surface area contributed by atoms with Crippen molar-refractivity contribution in [3.63, 3.8) is 0 Å². The van der Waals surface area contributed by atoms with E-state index < -0.39 is 17.6 Å². The number of hydrogen-bond donors (Lipinski definition) is 0. The third-order valence-electron chi connectivity index (χ3n) is 1.76. The Morgan fingerprint density at radius 1 is 1.47 bits per heavy atom. The first-order valence-corrected chi connectivity index (χ1v) is 4.72. The van der Waals surface area contributed by atoms with E-state index in [4.69, 9.17) is 11.6 Å². The van der Waals surface area contributed by atoms with Gasteiger partial charge in [0.05, 0.1) is 18.1 Å². The summed E-state index contributed by atoms with van der Waals surface area (Å²) in [5.74, 6) is -2.70. The summed E-state index contributed by atoms with van der Waals surface area (Å²) in [5, 5.41) is -0.372. The highest BCUT2D eigenvalue weighted by Gasteiger charge is 2.14. The molecular formula is C10H9ClF2O2. The molecule has 15 heavy (non-hydrogen) atoms. The van der Waals surface area contributed by atoms with Gasteiger partial charge in [0.1, 0.15) is 0 Å². The standard InChI is InChI=1S/C10H9ClF2O2/c1-2-15-8(14)5-6-3-4-7(12)10(13)9(6)11/h3-4H,2,5H2,1H3. The molecule has 1 rings (SSSR count). The molecule has 1 aromatic rings. The summed E-state index contributed by atoms with van der Waals surface area (Å²) in [6.07, 6.45) is -0.163. The molecule has 0 fully saturated rings. The lowest BCUT2D eigenvalue weighted by Crippen LogP contribution is -2.08. The molecule has 0 unspecified atom stereocenters. The first kappa shape index (κ1) is 11.9. The van der Waals surface area contributed by atoms with Crippen molar-refractivity contribution in [2.45, 2.75) is 13.3 Å². The van der Waals surface area contributed by atoms with Crippen LogP contribution in [0.5, 0.6) is 0 Å². The van der Waals surface area contributed by atoms with Gasteiger partial charge in [-0.15, -0.1) is 0 Å². The van der Waals surface area contributed by atoms with Gasteiger partial charge in [0.15, 0.2) is 11.6 Å². The maximum Gasteiger partial charge on any atom is 0.310 e. The van der Waals surface area contributed by atoms with Crippen molar-refractivity contribution in [1.82, 2.24) is 0 Å². The maximum absolute atomic E-state index is 13.0. The van der Waals surface area contributed by atoms with Gasteiger partial charge in [-0.05, 0) is 18.6 Å². The van der Waals surface area contributed by atoms with Crippen LogP contribution >= 0.6 is 11.6 Å². The van der Waals surface area contributed by atoms with Crippen LogP contribution in [0.2, 0.25) is 5.02 Å². The van der Waals surface area contributed by atoms with Gasteiger partial charge in [-0.25, -0.2) is 8.78 Å². The predicted octanol–water partition coefficient (Wildman–Crippen LogP) is 2.72. The lowest BCUT2D eigenvalue weighted by molar-refractivity contribution is -0.142. The molecule has 0 aliphatic carbocycles. The summed E-state index contributed by atoms with van der Waals surface area (Å²) in [6.45, 7) is 1.89.